The van der Waals surface area contributed by atoms with Gasteiger partial charge in [-0.25, -0.2) is 0 Å². The molecule has 1 saturated heterocycles. The van der Waals surface area contributed by atoms with E-state index in [1.807, 2.05) is 24.3 Å². The van der Waals surface area contributed by atoms with Crippen molar-refractivity contribution in [2.24, 2.45) is 0 Å². The van der Waals surface area contributed by atoms with Gasteiger partial charge in [-0.3, -0.25) is 9.59 Å². The molecule has 136 valence electrons. The number of rotatable bonds is 2. The maximum Gasteiger partial charge on any atom is 0.253 e. The second-order valence-corrected chi connectivity index (χ2v) is 7.00. The highest BCUT2D eigenvalue weighted by atomic mass is 16.5. The van der Waals surface area contributed by atoms with Gasteiger partial charge in [-0.05, 0) is 54.4 Å². The zero-order chi connectivity index (χ0) is 19.2. The topological polar surface area (TPSA) is 73.6 Å². The number of hydrogen-bond donors (Lipinski definition) is 0. The van der Waals surface area contributed by atoms with Crippen LogP contribution >= 0.6 is 0 Å². The van der Waals surface area contributed by atoms with E-state index in [9.17, 15) is 9.59 Å². The predicted molar refractivity (Wildman–Crippen MR) is 99.8 cm³/mol. The second kappa shape index (κ2) is 6.13. The molecule has 2 heterocycles. The molecular formula is C21H19N3O3. The Balaban J connectivity index is 1.66. The molecule has 0 N–H and O–H groups in total. The maximum absolute atomic E-state index is 13.1. The second-order valence-electron chi connectivity index (χ2n) is 7.00. The van der Waals surface area contributed by atoms with E-state index in [2.05, 4.69) is 0 Å². The number of hydrogen-bond acceptors (Lipinski definition) is 4. The number of amides is 2. The number of nitrogens with zero attached hydrogens (tertiary/aromatic N) is 3. The van der Waals surface area contributed by atoms with Gasteiger partial charge in [-0.1, -0.05) is 0 Å². The molecule has 1 spiro atoms. The van der Waals surface area contributed by atoms with Gasteiger partial charge in [0.1, 0.15) is 5.75 Å². The Morgan fingerprint density at radius 3 is 2.63 bits per heavy atom. The predicted octanol–water partition coefficient (Wildman–Crippen LogP) is 2.33. The Labute approximate surface area is 157 Å². The molecule has 1 atom stereocenters. The van der Waals surface area contributed by atoms with E-state index < -0.39 is 5.41 Å². The quantitative estimate of drug-likeness (QED) is 0.823. The SMILES string of the molecule is COc1ccc2c(c1)C1(CCN(C(=O)c3ccc(C#N)cc3)C1)C(=O)N2C. The van der Waals surface area contributed by atoms with Crippen molar-refractivity contribution in [3.8, 4) is 11.8 Å². The van der Waals surface area contributed by atoms with Gasteiger partial charge < -0.3 is 14.5 Å². The van der Waals surface area contributed by atoms with Crippen LogP contribution < -0.4 is 9.64 Å². The highest BCUT2D eigenvalue weighted by molar-refractivity contribution is 6.09. The Morgan fingerprint density at radius 2 is 1.96 bits per heavy atom. The average Bonchev–Trinajstić information content (AvgIpc) is 3.25. The van der Waals surface area contributed by atoms with Gasteiger partial charge in [0.15, 0.2) is 0 Å². The number of ether oxygens (including phenoxy) is 1. The highest BCUT2D eigenvalue weighted by Crippen LogP contribution is 2.48. The molecule has 27 heavy (non-hydrogen) atoms. The summed E-state index contributed by atoms with van der Waals surface area (Å²) in [6.07, 6.45) is 0.582. The summed E-state index contributed by atoms with van der Waals surface area (Å²) in [5.74, 6) is 0.595. The Hall–Kier alpha value is -3.33. The van der Waals surface area contributed by atoms with E-state index in [4.69, 9.17) is 10.00 Å². The molecule has 0 bridgehead atoms. The van der Waals surface area contributed by atoms with Crippen LogP contribution in [0.5, 0.6) is 5.75 Å². The number of nitriles is 1. The van der Waals surface area contributed by atoms with Crippen LogP contribution in [-0.2, 0) is 10.2 Å². The number of carbonyl (C=O) groups excluding carboxylic acids is 2. The van der Waals surface area contributed by atoms with Crippen LogP contribution in [0.3, 0.4) is 0 Å². The third-order valence-electron chi connectivity index (χ3n) is 5.61. The summed E-state index contributed by atoms with van der Waals surface area (Å²) in [7, 11) is 3.37. The molecule has 2 amide bonds. The first kappa shape index (κ1) is 17.1. The van der Waals surface area contributed by atoms with Gasteiger partial charge >= 0.3 is 0 Å². The van der Waals surface area contributed by atoms with Crippen molar-refractivity contribution in [2.45, 2.75) is 11.8 Å². The van der Waals surface area contributed by atoms with E-state index >= 15 is 0 Å². The van der Waals surface area contributed by atoms with Gasteiger partial charge in [-0.15, -0.1) is 0 Å². The lowest BCUT2D eigenvalue weighted by molar-refractivity contribution is -0.122. The summed E-state index contributed by atoms with van der Waals surface area (Å²) in [5, 5.41) is 8.91. The summed E-state index contributed by atoms with van der Waals surface area (Å²) in [4.78, 5) is 29.4. The highest BCUT2D eigenvalue weighted by Gasteiger charge is 2.54. The van der Waals surface area contributed by atoms with E-state index in [1.54, 1.807) is 48.2 Å². The van der Waals surface area contributed by atoms with Crippen molar-refractivity contribution in [1.82, 2.24) is 4.90 Å². The number of fused-ring (bicyclic) bond motifs is 2. The Kier molecular flexibility index (Phi) is 3.88. The fourth-order valence-electron chi connectivity index (χ4n) is 4.11. The Morgan fingerprint density at radius 1 is 1.22 bits per heavy atom. The van der Waals surface area contributed by atoms with Gasteiger partial charge in [0.05, 0.1) is 24.2 Å². The number of likely N-dealkylation sites (tertiary alicyclic amines) is 1. The van der Waals surface area contributed by atoms with Crippen LogP contribution in [0.1, 0.15) is 27.9 Å². The zero-order valence-corrected chi connectivity index (χ0v) is 15.2. The number of methoxy groups -OCH3 is 1. The van der Waals surface area contributed by atoms with Crippen molar-refractivity contribution in [3.05, 3.63) is 59.2 Å². The van der Waals surface area contributed by atoms with Crippen LogP contribution in [0.15, 0.2) is 42.5 Å². The molecule has 0 saturated carbocycles. The number of likely N-dealkylation sites (N-methyl/N-ethyl adjacent to an activating group) is 1. The lowest BCUT2D eigenvalue weighted by Crippen LogP contribution is -2.42. The van der Waals surface area contributed by atoms with E-state index in [1.165, 1.54) is 0 Å². The summed E-state index contributed by atoms with van der Waals surface area (Å²) in [5.41, 5.74) is 2.10. The first-order valence-corrected chi connectivity index (χ1v) is 8.76. The largest absolute Gasteiger partial charge is 0.497 e. The minimum Gasteiger partial charge on any atom is -0.497 e. The van der Waals surface area contributed by atoms with Gasteiger partial charge in [0, 0.05) is 31.4 Å². The smallest absolute Gasteiger partial charge is 0.253 e. The van der Waals surface area contributed by atoms with Crippen LogP contribution in [0.4, 0.5) is 5.69 Å². The lowest BCUT2D eigenvalue weighted by atomic mass is 9.81. The molecular weight excluding hydrogens is 342 g/mol. The number of benzene rings is 2. The molecule has 1 fully saturated rings. The average molecular weight is 361 g/mol. The molecule has 2 aliphatic heterocycles. The summed E-state index contributed by atoms with van der Waals surface area (Å²) >= 11 is 0. The summed E-state index contributed by atoms with van der Waals surface area (Å²) < 4.78 is 5.34. The number of carbonyl (C=O) groups is 2. The van der Waals surface area contributed by atoms with E-state index in [0.29, 0.717) is 36.4 Å². The van der Waals surface area contributed by atoms with E-state index in [-0.39, 0.29) is 11.8 Å². The van der Waals surface area contributed by atoms with Crippen LogP contribution in [0.2, 0.25) is 0 Å². The minimum absolute atomic E-state index is 0.0147. The van der Waals surface area contributed by atoms with Crippen molar-refractivity contribution in [3.63, 3.8) is 0 Å². The van der Waals surface area contributed by atoms with Gasteiger partial charge in [0.2, 0.25) is 5.91 Å². The monoisotopic (exact) mass is 361 g/mol. The molecule has 6 heteroatoms. The molecule has 6 nitrogen and oxygen atoms in total. The third-order valence-corrected chi connectivity index (χ3v) is 5.61. The summed E-state index contributed by atoms with van der Waals surface area (Å²) in [6, 6.07) is 14.3. The minimum atomic E-state index is -0.721. The first-order chi connectivity index (χ1) is 13.0. The van der Waals surface area contributed by atoms with Crippen molar-refractivity contribution in [1.29, 1.82) is 5.26 Å². The van der Waals surface area contributed by atoms with E-state index in [0.717, 1.165) is 11.3 Å². The fraction of sp³-hybridized carbons (Fsp3) is 0.286. The van der Waals surface area contributed by atoms with Crippen LogP contribution in [0, 0.1) is 11.3 Å². The molecule has 4 rings (SSSR count). The molecule has 0 aliphatic carbocycles. The summed E-state index contributed by atoms with van der Waals surface area (Å²) in [6.45, 7) is 0.851. The van der Waals surface area contributed by atoms with Crippen LogP contribution in [0.25, 0.3) is 0 Å². The first-order valence-electron chi connectivity index (χ1n) is 8.76. The third kappa shape index (κ3) is 2.47. The fourth-order valence-corrected chi connectivity index (χ4v) is 4.11. The zero-order valence-electron chi connectivity index (χ0n) is 15.2. The molecule has 2 aromatic carbocycles. The molecule has 0 aromatic heterocycles. The van der Waals surface area contributed by atoms with Crippen molar-refractivity contribution >= 4 is 17.5 Å². The number of anilines is 1. The van der Waals surface area contributed by atoms with Crippen LogP contribution in [-0.4, -0.2) is 44.0 Å². The molecule has 2 aromatic rings. The van der Waals surface area contributed by atoms with Crippen molar-refractivity contribution in [2.75, 3.05) is 32.1 Å². The Bertz CT molecular complexity index is 977. The normalized spacial score (nSPS) is 20.7. The molecule has 0 radical (unpaired) electrons. The molecule has 1 unspecified atom stereocenters. The lowest BCUT2D eigenvalue weighted by Gasteiger charge is -2.23. The van der Waals surface area contributed by atoms with Crippen molar-refractivity contribution < 1.29 is 14.3 Å². The van der Waals surface area contributed by atoms with Gasteiger partial charge in [0.25, 0.3) is 5.91 Å². The standard InChI is InChI=1S/C21H19N3O3/c1-23-18-8-7-16(27-2)11-17(18)21(20(23)26)9-10-24(13-21)19(25)15-5-3-14(12-22)4-6-15/h3-8,11H,9-10,13H2,1-2H3. The maximum atomic E-state index is 13.1. The van der Waals surface area contributed by atoms with Gasteiger partial charge in [-0.2, -0.15) is 5.26 Å². The molecule has 2 aliphatic rings.